The monoisotopic (exact) mass is 730 g/mol. The predicted molar refractivity (Wildman–Crippen MR) is 206 cm³/mol. The lowest BCUT2D eigenvalue weighted by molar-refractivity contribution is -0.166. The molecule has 0 radical (unpaired) electrons. The Morgan fingerprint density at radius 2 is 1.51 bits per heavy atom. The molecule has 2 heterocycles. The molecule has 4 N–H and O–H groups in total. The third-order valence-corrected chi connectivity index (χ3v) is 10.2. The van der Waals surface area contributed by atoms with Gasteiger partial charge in [0.25, 0.3) is 0 Å². The number of piperidine rings is 1. The SMILES string of the molecule is CCc1ccc(Oc2ccc([C@@H]3[C@@H](OCc4ccc5c(c4)N(CCCOC)CCO5)CN(C(=O)[C@@H](N)C(C)C)C[C@H]3OC(=O)[C@@H](N)C(C)C)cc2)cc1. The summed E-state index contributed by atoms with van der Waals surface area (Å²) in [5, 5.41) is 0. The molecule has 3 aromatic rings. The molecule has 0 unspecified atom stereocenters. The van der Waals surface area contributed by atoms with E-state index in [9.17, 15) is 9.59 Å². The number of nitrogens with two attached hydrogens (primary N) is 2. The maximum atomic E-state index is 13.8. The number of fused-ring (bicyclic) bond motifs is 1. The number of ether oxygens (including phenoxy) is 5. The molecule has 11 heteroatoms. The van der Waals surface area contributed by atoms with Crippen molar-refractivity contribution in [3.05, 3.63) is 83.4 Å². The molecule has 3 aromatic carbocycles. The average Bonchev–Trinajstić information content (AvgIpc) is 3.16. The smallest absolute Gasteiger partial charge is 0.323 e. The number of rotatable bonds is 16. The Kier molecular flexibility index (Phi) is 14.2. The van der Waals surface area contributed by atoms with Gasteiger partial charge in [0.05, 0.1) is 43.4 Å². The van der Waals surface area contributed by atoms with Crippen LogP contribution in [-0.2, 0) is 36.8 Å². The van der Waals surface area contributed by atoms with Crippen LogP contribution in [0.2, 0.25) is 0 Å². The summed E-state index contributed by atoms with van der Waals surface area (Å²) in [5.41, 5.74) is 16.8. The summed E-state index contributed by atoms with van der Waals surface area (Å²) in [6.45, 7) is 13.4. The van der Waals surface area contributed by atoms with Crippen LogP contribution in [0.15, 0.2) is 66.7 Å². The predicted octanol–water partition coefficient (Wildman–Crippen LogP) is 5.67. The van der Waals surface area contributed by atoms with Crippen LogP contribution in [-0.4, -0.2) is 87.6 Å². The molecule has 5 rings (SSSR count). The highest BCUT2D eigenvalue weighted by atomic mass is 16.6. The lowest BCUT2D eigenvalue weighted by Gasteiger charge is -2.44. The number of benzene rings is 3. The lowest BCUT2D eigenvalue weighted by atomic mass is 9.83. The van der Waals surface area contributed by atoms with Crippen molar-refractivity contribution in [2.75, 3.05) is 51.4 Å². The molecule has 0 saturated carbocycles. The molecule has 1 fully saturated rings. The molecule has 0 aromatic heterocycles. The van der Waals surface area contributed by atoms with Gasteiger partial charge < -0.3 is 45.0 Å². The van der Waals surface area contributed by atoms with Crippen LogP contribution in [0.1, 0.15) is 63.6 Å². The van der Waals surface area contributed by atoms with Gasteiger partial charge in [-0.05, 0) is 77.8 Å². The number of esters is 1. The number of aryl methyl sites for hydroxylation is 1. The summed E-state index contributed by atoms with van der Waals surface area (Å²) in [7, 11) is 1.71. The molecule has 0 aliphatic carbocycles. The highest BCUT2D eigenvalue weighted by Crippen LogP contribution is 2.37. The number of carbonyl (C=O) groups excluding carboxylic acids is 2. The molecule has 1 amide bonds. The zero-order valence-electron chi connectivity index (χ0n) is 32.2. The van der Waals surface area contributed by atoms with Crippen LogP contribution in [0.4, 0.5) is 5.69 Å². The zero-order chi connectivity index (χ0) is 38.1. The van der Waals surface area contributed by atoms with Crippen LogP contribution in [0, 0.1) is 11.8 Å². The summed E-state index contributed by atoms with van der Waals surface area (Å²) in [6, 6.07) is 20.4. The van der Waals surface area contributed by atoms with E-state index in [0.717, 1.165) is 54.2 Å². The van der Waals surface area contributed by atoms with E-state index in [2.05, 4.69) is 30.0 Å². The largest absolute Gasteiger partial charge is 0.490 e. The van der Waals surface area contributed by atoms with Gasteiger partial charge in [-0.25, -0.2) is 0 Å². The maximum Gasteiger partial charge on any atom is 0.323 e. The number of methoxy groups -OCH3 is 1. The van der Waals surface area contributed by atoms with E-state index >= 15 is 0 Å². The number of hydrogen-bond acceptors (Lipinski definition) is 10. The van der Waals surface area contributed by atoms with E-state index in [-0.39, 0.29) is 37.4 Å². The van der Waals surface area contributed by atoms with Gasteiger partial charge in [-0.15, -0.1) is 0 Å². The summed E-state index contributed by atoms with van der Waals surface area (Å²) in [4.78, 5) is 31.2. The zero-order valence-corrected chi connectivity index (χ0v) is 32.2. The summed E-state index contributed by atoms with van der Waals surface area (Å²) in [5.74, 6) is 0.899. The molecule has 1 saturated heterocycles. The fraction of sp³-hybridized carbons (Fsp3) is 0.524. The Bertz CT molecular complexity index is 1630. The first-order valence-electron chi connectivity index (χ1n) is 19.0. The van der Waals surface area contributed by atoms with E-state index in [1.807, 2.05) is 76.2 Å². The molecular weight excluding hydrogens is 672 g/mol. The number of likely N-dealkylation sites (tertiary alicyclic amines) is 1. The minimum Gasteiger partial charge on any atom is -0.490 e. The van der Waals surface area contributed by atoms with Gasteiger partial charge in [0.1, 0.15) is 36.0 Å². The molecular formula is C42H58N4O7. The maximum absolute atomic E-state index is 13.8. The second-order valence-electron chi connectivity index (χ2n) is 14.8. The van der Waals surface area contributed by atoms with Gasteiger partial charge in [0.2, 0.25) is 5.91 Å². The normalized spacial score (nSPS) is 19.8. The number of carbonyl (C=O) groups is 2. The molecule has 0 spiro atoms. The molecule has 2 aliphatic rings. The van der Waals surface area contributed by atoms with Crippen molar-refractivity contribution in [3.63, 3.8) is 0 Å². The third kappa shape index (κ3) is 10.3. The lowest BCUT2D eigenvalue weighted by Crippen LogP contribution is -2.59. The van der Waals surface area contributed by atoms with Crippen molar-refractivity contribution >= 4 is 17.6 Å². The van der Waals surface area contributed by atoms with E-state index < -0.39 is 36.2 Å². The van der Waals surface area contributed by atoms with E-state index in [1.165, 1.54) is 5.56 Å². The van der Waals surface area contributed by atoms with Gasteiger partial charge in [0, 0.05) is 26.8 Å². The second-order valence-corrected chi connectivity index (χ2v) is 14.8. The van der Waals surface area contributed by atoms with Crippen molar-refractivity contribution in [1.29, 1.82) is 0 Å². The summed E-state index contributed by atoms with van der Waals surface area (Å²) >= 11 is 0. The Labute approximate surface area is 314 Å². The van der Waals surface area contributed by atoms with Crippen molar-refractivity contribution in [3.8, 4) is 17.2 Å². The molecule has 2 aliphatic heterocycles. The second kappa shape index (κ2) is 18.7. The van der Waals surface area contributed by atoms with Crippen LogP contribution >= 0.6 is 0 Å². The van der Waals surface area contributed by atoms with Crippen LogP contribution in [0.25, 0.3) is 0 Å². The van der Waals surface area contributed by atoms with E-state index in [1.54, 1.807) is 12.0 Å². The number of amides is 1. The van der Waals surface area contributed by atoms with E-state index in [0.29, 0.717) is 19.0 Å². The number of anilines is 1. The topological polar surface area (TPSA) is 139 Å². The Morgan fingerprint density at radius 3 is 2.15 bits per heavy atom. The van der Waals surface area contributed by atoms with Gasteiger partial charge in [0.15, 0.2) is 0 Å². The molecule has 53 heavy (non-hydrogen) atoms. The molecule has 0 bridgehead atoms. The summed E-state index contributed by atoms with van der Waals surface area (Å²) < 4.78 is 30.4. The van der Waals surface area contributed by atoms with Crippen LogP contribution in [0.3, 0.4) is 0 Å². The minimum atomic E-state index is -0.821. The standard InChI is InChI=1S/C42H58N4O7/c1-7-29-9-14-32(15-10-29)52-33-16-12-31(13-17-33)38-36(51-26-30-11-18-35-34(23-30)45(20-22-50-35)19-8-21-49-6)24-46(41(47)39(43)27(2)3)25-37(38)53-42(48)40(44)28(4)5/h9-18,23,27-28,36-40H,7-8,19-22,24-26,43-44H2,1-6H3/t36-,37+,38+,39-,40-/m0/s1. The van der Waals surface area contributed by atoms with Crippen molar-refractivity contribution in [2.45, 2.75) is 84.3 Å². The van der Waals surface area contributed by atoms with Crippen molar-refractivity contribution in [1.82, 2.24) is 4.90 Å². The van der Waals surface area contributed by atoms with Crippen LogP contribution < -0.4 is 25.8 Å². The quantitative estimate of drug-likeness (QED) is 0.140. The van der Waals surface area contributed by atoms with Gasteiger partial charge >= 0.3 is 5.97 Å². The third-order valence-electron chi connectivity index (χ3n) is 10.2. The van der Waals surface area contributed by atoms with Crippen LogP contribution in [0.5, 0.6) is 17.2 Å². The molecule has 5 atom stereocenters. The fourth-order valence-electron chi connectivity index (χ4n) is 6.78. The van der Waals surface area contributed by atoms with Crippen molar-refractivity contribution < 1.29 is 33.3 Å². The van der Waals surface area contributed by atoms with Gasteiger partial charge in [-0.1, -0.05) is 65.0 Å². The van der Waals surface area contributed by atoms with Gasteiger partial charge in [-0.2, -0.15) is 0 Å². The first-order valence-corrected chi connectivity index (χ1v) is 19.0. The summed E-state index contributed by atoms with van der Waals surface area (Å²) in [6.07, 6.45) is 0.571. The Balaban J connectivity index is 1.45. The number of hydrogen-bond donors (Lipinski definition) is 2. The van der Waals surface area contributed by atoms with E-state index in [4.69, 9.17) is 35.2 Å². The highest BCUT2D eigenvalue weighted by molar-refractivity contribution is 5.82. The fourth-order valence-corrected chi connectivity index (χ4v) is 6.78. The van der Waals surface area contributed by atoms with Crippen molar-refractivity contribution in [2.24, 2.45) is 23.3 Å². The Morgan fingerprint density at radius 1 is 0.868 bits per heavy atom. The molecule has 11 nitrogen and oxygen atoms in total. The highest BCUT2D eigenvalue weighted by Gasteiger charge is 2.44. The minimum absolute atomic E-state index is 0.0785. The van der Waals surface area contributed by atoms with Gasteiger partial charge in [-0.3, -0.25) is 9.59 Å². The first-order chi connectivity index (χ1) is 25.5. The average molecular weight is 731 g/mol. The Hall–Kier alpha value is -4.16. The first kappa shape index (κ1) is 40.0. The number of nitrogens with zero attached hydrogens (tertiary/aromatic N) is 2. The molecule has 288 valence electrons.